The molecule has 1 fully saturated rings. The normalized spacial score (nSPS) is 17.2. The lowest BCUT2D eigenvalue weighted by molar-refractivity contribution is 0.0925. The molecule has 5 nitrogen and oxygen atoms in total. The van der Waals surface area contributed by atoms with Gasteiger partial charge in [-0.25, -0.2) is 4.79 Å². The van der Waals surface area contributed by atoms with Gasteiger partial charge in [-0.3, -0.25) is 4.79 Å². The van der Waals surface area contributed by atoms with Gasteiger partial charge in [0.15, 0.2) is 0 Å². The summed E-state index contributed by atoms with van der Waals surface area (Å²) >= 11 is 0. The van der Waals surface area contributed by atoms with E-state index in [4.69, 9.17) is 4.42 Å². The number of rotatable bonds is 5. The predicted octanol–water partition coefficient (Wildman–Crippen LogP) is 2.22. The van der Waals surface area contributed by atoms with E-state index in [1.165, 1.54) is 5.56 Å². The zero-order valence-electron chi connectivity index (χ0n) is 14.5. The summed E-state index contributed by atoms with van der Waals surface area (Å²) in [6.07, 6.45) is 3.38. The molecule has 1 aromatic heterocycles. The molecular weight excluding hydrogens is 316 g/mol. The van der Waals surface area contributed by atoms with Gasteiger partial charge in [0.1, 0.15) is 11.3 Å². The van der Waals surface area contributed by atoms with E-state index in [1.54, 1.807) is 13.0 Å². The Balaban J connectivity index is 1.69. The van der Waals surface area contributed by atoms with Gasteiger partial charge >= 0.3 is 5.63 Å². The number of amides is 1. The lowest BCUT2D eigenvalue weighted by Crippen LogP contribution is -2.46. The molecule has 1 aliphatic rings. The van der Waals surface area contributed by atoms with Crippen molar-refractivity contribution < 1.29 is 9.21 Å². The second-order valence-electron chi connectivity index (χ2n) is 6.56. The quantitative estimate of drug-likeness (QED) is 0.875. The van der Waals surface area contributed by atoms with Crippen LogP contribution < -0.4 is 16.3 Å². The van der Waals surface area contributed by atoms with Crippen LogP contribution in [0.5, 0.6) is 0 Å². The van der Waals surface area contributed by atoms with Gasteiger partial charge in [-0.1, -0.05) is 30.3 Å². The van der Waals surface area contributed by atoms with Crippen molar-refractivity contribution in [1.29, 1.82) is 0 Å². The Labute approximate surface area is 147 Å². The van der Waals surface area contributed by atoms with E-state index < -0.39 is 5.63 Å². The van der Waals surface area contributed by atoms with Gasteiger partial charge in [-0.05, 0) is 49.9 Å². The van der Waals surface area contributed by atoms with Gasteiger partial charge in [0.05, 0.1) is 0 Å². The summed E-state index contributed by atoms with van der Waals surface area (Å²) < 4.78 is 5.39. The Bertz CT molecular complexity index is 777. The van der Waals surface area contributed by atoms with Gasteiger partial charge in [-0.2, -0.15) is 0 Å². The summed E-state index contributed by atoms with van der Waals surface area (Å²) in [7, 11) is 0. The van der Waals surface area contributed by atoms with E-state index in [0.717, 1.165) is 32.4 Å². The first-order valence-electron chi connectivity index (χ1n) is 8.82. The highest BCUT2D eigenvalue weighted by Gasteiger charge is 2.21. The van der Waals surface area contributed by atoms with Crippen molar-refractivity contribution >= 4 is 5.91 Å². The van der Waals surface area contributed by atoms with Crippen LogP contribution in [0.1, 0.15) is 40.1 Å². The van der Waals surface area contributed by atoms with Crippen molar-refractivity contribution in [1.82, 2.24) is 10.6 Å². The van der Waals surface area contributed by atoms with Crippen LogP contribution in [-0.2, 0) is 12.8 Å². The minimum Gasteiger partial charge on any atom is -0.427 e. The number of carbonyl (C=O) groups excluding carboxylic acids is 1. The van der Waals surface area contributed by atoms with E-state index >= 15 is 0 Å². The summed E-state index contributed by atoms with van der Waals surface area (Å²) in [5.41, 5.74) is 1.42. The van der Waals surface area contributed by atoms with Gasteiger partial charge in [0.25, 0.3) is 5.91 Å². The maximum atomic E-state index is 12.4. The molecule has 25 heavy (non-hydrogen) atoms. The SMILES string of the molecule is Cc1cc(CCc2ccccc2)oc(=O)c1C(=O)NC1CCCNC1. The lowest BCUT2D eigenvalue weighted by atomic mass is 10.0. The summed E-state index contributed by atoms with van der Waals surface area (Å²) in [6.45, 7) is 3.51. The summed E-state index contributed by atoms with van der Waals surface area (Å²) in [5, 5.41) is 6.18. The molecule has 1 amide bonds. The molecule has 0 spiro atoms. The fourth-order valence-corrected chi connectivity index (χ4v) is 3.21. The van der Waals surface area contributed by atoms with E-state index in [-0.39, 0.29) is 17.5 Å². The monoisotopic (exact) mass is 340 g/mol. The number of benzene rings is 1. The number of aryl methyl sites for hydroxylation is 3. The average molecular weight is 340 g/mol. The van der Waals surface area contributed by atoms with Crippen molar-refractivity contribution in [3.8, 4) is 0 Å². The van der Waals surface area contributed by atoms with E-state index in [1.807, 2.05) is 30.3 Å². The Morgan fingerprint density at radius 2 is 2.08 bits per heavy atom. The number of piperidine rings is 1. The molecule has 2 N–H and O–H groups in total. The second-order valence-corrected chi connectivity index (χ2v) is 6.56. The van der Waals surface area contributed by atoms with Crippen LogP contribution in [0.2, 0.25) is 0 Å². The molecule has 0 radical (unpaired) electrons. The third kappa shape index (κ3) is 4.57. The standard InChI is InChI=1S/C20H24N2O3/c1-14-12-17(10-9-15-6-3-2-4-7-15)25-20(24)18(14)19(23)22-16-8-5-11-21-13-16/h2-4,6-7,12,16,21H,5,8-11,13H2,1H3,(H,22,23). The Kier molecular flexibility index (Phi) is 5.66. The molecule has 132 valence electrons. The molecule has 1 aliphatic heterocycles. The van der Waals surface area contributed by atoms with Crippen LogP contribution in [0.4, 0.5) is 0 Å². The lowest BCUT2D eigenvalue weighted by Gasteiger charge is -2.23. The summed E-state index contributed by atoms with van der Waals surface area (Å²) in [5.74, 6) is 0.275. The van der Waals surface area contributed by atoms with Gasteiger partial charge in [0.2, 0.25) is 0 Å². The smallest absolute Gasteiger partial charge is 0.349 e. The van der Waals surface area contributed by atoms with Crippen LogP contribution in [0.3, 0.4) is 0 Å². The molecule has 0 bridgehead atoms. The first-order chi connectivity index (χ1) is 12.1. The largest absolute Gasteiger partial charge is 0.427 e. The molecule has 0 saturated carbocycles. The van der Waals surface area contributed by atoms with Crippen molar-refractivity contribution in [3.05, 3.63) is 69.3 Å². The van der Waals surface area contributed by atoms with Gasteiger partial charge in [0, 0.05) is 19.0 Å². The molecular formula is C20H24N2O3. The fourth-order valence-electron chi connectivity index (χ4n) is 3.21. The van der Waals surface area contributed by atoms with Crippen LogP contribution in [-0.4, -0.2) is 25.0 Å². The van der Waals surface area contributed by atoms with Gasteiger partial charge in [-0.15, -0.1) is 0 Å². The van der Waals surface area contributed by atoms with E-state index in [0.29, 0.717) is 17.7 Å². The molecule has 1 atom stereocenters. The predicted molar refractivity (Wildman–Crippen MR) is 96.9 cm³/mol. The average Bonchev–Trinajstić information content (AvgIpc) is 2.61. The number of nitrogens with one attached hydrogen (secondary N) is 2. The molecule has 2 aromatic rings. The Morgan fingerprint density at radius 1 is 1.28 bits per heavy atom. The molecule has 0 aliphatic carbocycles. The number of hydrogen-bond donors (Lipinski definition) is 2. The minimum atomic E-state index is -0.552. The summed E-state index contributed by atoms with van der Waals surface area (Å²) in [4.78, 5) is 24.8. The van der Waals surface area contributed by atoms with Crippen LogP contribution in [0.25, 0.3) is 0 Å². The highest BCUT2D eigenvalue weighted by Crippen LogP contribution is 2.11. The molecule has 3 rings (SSSR count). The van der Waals surface area contributed by atoms with Crippen molar-refractivity contribution in [2.75, 3.05) is 13.1 Å². The zero-order valence-corrected chi connectivity index (χ0v) is 14.5. The first-order valence-corrected chi connectivity index (χ1v) is 8.82. The second kappa shape index (κ2) is 8.12. The number of hydrogen-bond acceptors (Lipinski definition) is 4. The third-order valence-electron chi connectivity index (χ3n) is 4.56. The highest BCUT2D eigenvalue weighted by atomic mass is 16.4. The molecule has 1 unspecified atom stereocenters. The zero-order chi connectivity index (χ0) is 17.6. The van der Waals surface area contributed by atoms with E-state index in [9.17, 15) is 9.59 Å². The molecule has 5 heteroatoms. The van der Waals surface area contributed by atoms with Crippen LogP contribution >= 0.6 is 0 Å². The van der Waals surface area contributed by atoms with Crippen molar-refractivity contribution in [3.63, 3.8) is 0 Å². The topological polar surface area (TPSA) is 71.3 Å². The van der Waals surface area contributed by atoms with Crippen LogP contribution in [0, 0.1) is 6.92 Å². The van der Waals surface area contributed by atoms with Gasteiger partial charge < -0.3 is 15.1 Å². The molecule has 2 heterocycles. The van der Waals surface area contributed by atoms with Crippen molar-refractivity contribution in [2.45, 2.75) is 38.6 Å². The van der Waals surface area contributed by atoms with Crippen LogP contribution in [0.15, 0.2) is 45.6 Å². The fraction of sp³-hybridized carbons (Fsp3) is 0.400. The summed E-state index contributed by atoms with van der Waals surface area (Å²) in [6, 6.07) is 11.9. The molecule has 1 saturated heterocycles. The molecule has 1 aromatic carbocycles. The third-order valence-corrected chi connectivity index (χ3v) is 4.56. The first kappa shape index (κ1) is 17.4. The number of carbonyl (C=O) groups is 1. The Morgan fingerprint density at radius 3 is 2.76 bits per heavy atom. The highest BCUT2D eigenvalue weighted by molar-refractivity contribution is 5.95. The van der Waals surface area contributed by atoms with E-state index in [2.05, 4.69) is 10.6 Å². The minimum absolute atomic E-state index is 0.0674. The Hall–Kier alpha value is -2.40. The van der Waals surface area contributed by atoms with Crippen molar-refractivity contribution in [2.24, 2.45) is 0 Å². The maximum Gasteiger partial charge on any atom is 0.349 e. The maximum absolute atomic E-state index is 12.4.